The number of benzene rings is 2. The molecule has 0 saturated carbocycles. The van der Waals surface area contributed by atoms with Gasteiger partial charge in [-0.1, -0.05) is 60.7 Å². The lowest BCUT2D eigenvalue weighted by molar-refractivity contribution is 0.414. The summed E-state index contributed by atoms with van der Waals surface area (Å²) in [6, 6.07) is 15.0. The zero-order valence-electron chi connectivity index (χ0n) is 14.8. The van der Waals surface area contributed by atoms with Crippen LogP contribution in [-0.4, -0.2) is 5.11 Å². The molecule has 26 heavy (non-hydrogen) atoms. The van der Waals surface area contributed by atoms with Crippen molar-refractivity contribution in [2.75, 3.05) is 0 Å². The topological polar surface area (TPSA) is 20.2 Å². The Morgan fingerprint density at radius 1 is 0.923 bits per heavy atom. The van der Waals surface area contributed by atoms with Crippen LogP contribution < -0.4 is 10.4 Å². The molecule has 2 aromatic carbocycles. The summed E-state index contributed by atoms with van der Waals surface area (Å²) in [4.78, 5) is 0. The molecule has 4 rings (SSSR count). The number of fused-ring (bicyclic) bond motifs is 3. The third-order valence-corrected chi connectivity index (χ3v) is 5.28. The molecule has 1 unspecified atom stereocenters. The molecular weight excluding hydrogens is 316 g/mol. The van der Waals surface area contributed by atoms with E-state index in [0.717, 1.165) is 12.0 Å². The molecule has 0 saturated heterocycles. The Morgan fingerprint density at radius 2 is 1.73 bits per heavy atom. The van der Waals surface area contributed by atoms with Gasteiger partial charge in [0.25, 0.3) is 0 Å². The fourth-order valence-electron chi connectivity index (χ4n) is 4.10. The Balaban J connectivity index is 2.00. The van der Waals surface area contributed by atoms with Crippen LogP contribution in [0.2, 0.25) is 0 Å². The van der Waals surface area contributed by atoms with Gasteiger partial charge in [0, 0.05) is 5.92 Å². The Labute approximate surface area is 154 Å². The van der Waals surface area contributed by atoms with Crippen LogP contribution in [0.1, 0.15) is 18.4 Å². The van der Waals surface area contributed by atoms with Crippen molar-refractivity contribution in [2.24, 2.45) is 5.92 Å². The van der Waals surface area contributed by atoms with Gasteiger partial charge in [-0.2, -0.15) is 0 Å². The molecule has 0 heterocycles. The minimum atomic E-state index is 0.124. The molecule has 0 bridgehead atoms. The molecule has 0 spiro atoms. The first kappa shape index (κ1) is 16.4. The van der Waals surface area contributed by atoms with E-state index in [0.29, 0.717) is 12.2 Å². The highest BCUT2D eigenvalue weighted by atomic mass is 16.3. The highest BCUT2D eigenvalue weighted by molar-refractivity contribution is 5.84. The summed E-state index contributed by atoms with van der Waals surface area (Å²) in [7, 11) is 0. The van der Waals surface area contributed by atoms with Crippen molar-refractivity contribution in [2.45, 2.75) is 12.8 Å². The summed E-state index contributed by atoms with van der Waals surface area (Å²) < 4.78 is 0. The van der Waals surface area contributed by atoms with Gasteiger partial charge >= 0.3 is 0 Å². The largest absolute Gasteiger partial charge is 0.508 e. The van der Waals surface area contributed by atoms with Crippen LogP contribution in [0, 0.1) is 5.92 Å². The standard InChI is InChI=1S/C25H22O/c1-3-8-19-22(14-15-25(26)23(19)9-4-2)21-13-7-12-20-18-11-6-5-10-17(18)16-24(20)21/h3-7,10-16,19,26H,1-2,8-9H2. The molecule has 1 N–H and O–H groups in total. The van der Waals surface area contributed by atoms with Crippen LogP contribution in [0.15, 0.2) is 91.3 Å². The number of rotatable bonds is 4. The molecule has 1 heteroatoms. The normalized spacial score (nSPS) is 19.6. The lowest BCUT2D eigenvalue weighted by Crippen LogP contribution is -2.30. The summed E-state index contributed by atoms with van der Waals surface area (Å²) in [5.74, 6) is 0.486. The predicted octanol–water partition coefficient (Wildman–Crippen LogP) is 4.80. The van der Waals surface area contributed by atoms with E-state index in [1.54, 1.807) is 0 Å². The molecule has 0 radical (unpaired) electrons. The van der Waals surface area contributed by atoms with E-state index < -0.39 is 0 Å². The molecule has 0 fully saturated rings. The number of hydrogen-bond donors (Lipinski definition) is 1. The van der Waals surface area contributed by atoms with Crippen LogP contribution >= 0.6 is 0 Å². The summed E-state index contributed by atoms with van der Waals surface area (Å²) in [6.45, 7) is 7.79. The predicted molar refractivity (Wildman–Crippen MR) is 110 cm³/mol. The fourth-order valence-corrected chi connectivity index (χ4v) is 4.10. The van der Waals surface area contributed by atoms with Crippen LogP contribution in [0.3, 0.4) is 0 Å². The van der Waals surface area contributed by atoms with Crippen molar-refractivity contribution in [3.05, 3.63) is 107 Å². The van der Waals surface area contributed by atoms with E-state index in [1.807, 2.05) is 18.2 Å². The van der Waals surface area contributed by atoms with Crippen molar-refractivity contribution in [3.63, 3.8) is 0 Å². The van der Waals surface area contributed by atoms with Crippen LogP contribution in [-0.2, 0) is 0 Å². The summed E-state index contributed by atoms with van der Waals surface area (Å²) in [5.41, 5.74) is 6.08. The van der Waals surface area contributed by atoms with Crippen molar-refractivity contribution < 1.29 is 5.11 Å². The minimum Gasteiger partial charge on any atom is -0.508 e. The highest BCUT2D eigenvalue weighted by Crippen LogP contribution is 2.34. The lowest BCUT2D eigenvalue weighted by atomic mass is 9.80. The molecule has 1 atom stereocenters. The van der Waals surface area contributed by atoms with Crippen LogP contribution in [0.5, 0.6) is 0 Å². The number of allylic oxidation sites excluding steroid dienone is 5. The SMILES string of the molecule is C=CCC1=C(O)C=CC(=c2cccc3c2=Cc2ccccc2-3)C1CC=C. The molecule has 2 aliphatic carbocycles. The van der Waals surface area contributed by atoms with E-state index >= 15 is 0 Å². The third kappa shape index (κ3) is 2.57. The van der Waals surface area contributed by atoms with Gasteiger partial charge in [-0.05, 0) is 63.3 Å². The number of aliphatic hydroxyl groups is 1. The van der Waals surface area contributed by atoms with E-state index in [2.05, 4.69) is 67.8 Å². The Kier molecular flexibility index (Phi) is 4.22. The molecule has 128 valence electrons. The second-order valence-corrected chi connectivity index (χ2v) is 6.77. The van der Waals surface area contributed by atoms with Gasteiger partial charge in [-0.3, -0.25) is 0 Å². The number of hydrogen-bond acceptors (Lipinski definition) is 1. The smallest absolute Gasteiger partial charge is 0.115 e. The third-order valence-electron chi connectivity index (χ3n) is 5.28. The van der Waals surface area contributed by atoms with Crippen molar-refractivity contribution in [1.29, 1.82) is 0 Å². The van der Waals surface area contributed by atoms with Crippen molar-refractivity contribution in [1.82, 2.24) is 0 Å². The van der Waals surface area contributed by atoms with E-state index in [4.69, 9.17) is 0 Å². The first-order valence-corrected chi connectivity index (χ1v) is 9.01. The van der Waals surface area contributed by atoms with E-state index in [9.17, 15) is 5.11 Å². The van der Waals surface area contributed by atoms with Gasteiger partial charge in [-0.25, -0.2) is 0 Å². The highest BCUT2D eigenvalue weighted by Gasteiger charge is 2.23. The van der Waals surface area contributed by atoms with Gasteiger partial charge in [-0.15, -0.1) is 13.2 Å². The maximum atomic E-state index is 10.4. The van der Waals surface area contributed by atoms with Gasteiger partial charge < -0.3 is 5.11 Å². The molecule has 1 nitrogen and oxygen atoms in total. The Morgan fingerprint density at radius 3 is 2.54 bits per heavy atom. The monoisotopic (exact) mass is 338 g/mol. The van der Waals surface area contributed by atoms with Gasteiger partial charge in [0.05, 0.1) is 0 Å². The molecule has 2 aliphatic rings. The molecule has 0 amide bonds. The Hall–Kier alpha value is -3.06. The first-order valence-electron chi connectivity index (χ1n) is 9.01. The van der Waals surface area contributed by atoms with Gasteiger partial charge in [0.15, 0.2) is 0 Å². The zero-order chi connectivity index (χ0) is 18.1. The molecule has 2 aromatic rings. The Bertz CT molecular complexity index is 1080. The average Bonchev–Trinajstić information content (AvgIpc) is 3.04. The molecular formula is C25H22O. The van der Waals surface area contributed by atoms with Crippen LogP contribution in [0.4, 0.5) is 0 Å². The summed E-state index contributed by atoms with van der Waals surface area (Å²) in [6.07, 6.45) is 11.4. The maximum Gasteiger partial charge on any atom is 0.115 e. The fraction of sp³-hybridized carbons (Fsp3) is 0.120. The molecule has 0 aliphatic heterocycles. The summed E-state index contributed by atoms with van der Waals surface area (Å²) >= 11 is 0. The minimum absolute atomic E-state index is 0.124. The number of aliphatic hydroxyl groups excluding tert-OH is 1. The second-order valence-electron chi connectivity index (χ2n) is 6.77. The quantitative estimate of drug-likeness (QED) is 0.678. The van der Waals surface area contributed by atoms with Crippen molar-refractivity contribution >= 4 is 11.6 Å². The first-order chi connectivity index (χ1) is 12.7. The lowest BCUT2D eigenvalue weighted by Gasteiger charge is -2.24. The zero-order valence-corrected chi connectivity index (χ0v) is 14.8. The average molecular weight is 338 g/mol. The van der Waals surface area contributed by atoms with E-state index in [1.165, 1.54) is 32.7 Å². The van der Waals surface area contributed by atoms with Gasteiger partial charge in [0.1, 0.15) is 5.76 Å². The maximum absolute atomic E-state index is 10.4. The molecule has 0 aromatic heterocycles. The second kappa shape index (κ2) is 6.68. The van der Waals surface area contributed by atoms with E-state index in [-0.39, 0.29) is 5.92 Å². The van der Waals surface area contributed by atoms with Crippen LogP contribution in [0.25, 0.3) is 22.8 Å². The summed E-state index contributed by atoms with van der Waals surface area (Å²) in [5, 5.41) is 12.9. The van der Waals surface area contributed by atoms with Gasteiger partial charge in [0.2, 0.25) is 0 Å². The van der Waals surface area contributed by atoms with Crippen molar-refractivity contribution in [3.8, 4) is 11.1 Å².